The van der Waals surface area contributed by atoms with Gasteiger partial charge in [0.2, 0.25) is 0 Å². The standard InChI is InChI=1S/C26H34FNO5/c1-15(2)25-21(11-10-19(29)12-20(30)13-23(31)32)24(17-6-8-18(27)9-7-17)22(14-33-5)26(28-25)16(3)4/h6-11,15-16,19-20,29-30H,12-14H2,1-5H3,(H,31,32). The summed E-state index contributed by atoms with van der Waals surface area (Å²) in [6.45, 7) is 8.49. The molecule has 0 amide bonds. The molecular formula is C26H34FNO5. The van der Waals surface area contributed by atoms with Crippen LogP contribution >= 0.6 is 0 Å². The van der Waals surface area contributed by atoms with Gasteiger partial charge in [-0.25, -0.2) is 4.39 Å². The predicted molar refractivity (Wildman–Crippen MR) is 126 cm³/mol. The van der Waals surface area contributed by atoms with E-state index in [1.165, 1.54) is 18.2 Å². The largest absolute Gasteiger partial charge is 0.481 e. The van der Waals surface area contributed by atoms with Gasteiger partial charge >= 0.3 is 5.97 Å². The monoisotopic (exact) mass is 459 g/mol. The summed E-state index contributed by atoms with van der Waals surface area (Å²) in [4.78, 5) is 15.8. The maximum atomic E-state index is 13.7. The number of hydrogen-bond acceptors (Lipinski definition) is 5. The molecule has 0 saturated carbocycles. The van der Waals surface area contributed by atoms with Crippen molar-refractivity contribution in [1.29, 1.82) is 0 Å². The average Bonchev–Trinajstić information content (AvgIpc) is 2.72. The minimum absolute atomic E-state index is 0.0627. The first kappa shape index (κ1) is 26.6. The van der Waals surface area contributed by atoms with Gasteiger partial charge in [0, 0.05) is 30.4 Å². The van der Waals surface area contributed by atoms with Crippen molar-refractivity contribution in [2.24, 2.45) is 0 Å². The number of aliphatic hydroxyl groups excluding tert-OH is 2. The topological polar surface area (TPSA) is 99.9 Å². The van der Waals surface area contributed by atoms with Gasteiger partial charge in [-0.15, -0.1) is 0 Å². The molecule has 7 heteroatoms. The Morgan fingerprint density at radius 3 is 2.21 bits per heavy atom. The molecule has 1 heterocycles. The number of carbonyl (C=O) groups is 1. The zero-order valence-electron chi connectivity index (χ0n) is 19.9. The van der Waals surface area contributed by atoms with Crippen molar-refractivity contribution in [3.05, 3.63) is 58.7 Å². The van der Waals surface area contributed by atoms with Crippen molar-refractivity contribution in [2.75, 3.05) is 7.11 Å². The Balaban J connectivity index is 2.69. The molecule has 2 atom stereocenters. The predicted octanol–water partition coefficient (Wildman–Crippen LogP) is 4.88. The van der Waals surface area contributed by atoms with Crippen LogP contribution < -0.4 is 0 Å². The fraction of sp³-hybridized carbons (Fsp3) is 0.462. The lowest BCUT2D eigenvalue weighted by Crippen LogP contribution is -2.19. The third-order valence-electron chi connectivity index (χ3n) is 5.32. The fourth-order valence-electron chi connectivity index (χ4n) is 3.85. The van der Waals surface area contributed by atoms with Gasteiger partial charge < -0.3 is 20.1 Å². The number of aliphatic hydroxyl groups is 2. The molecule has 33 heavy (non-hydrogen) atoms. The van der Waals surface area contributed by atoms with Crippen molar-refractivity contribution in [2.45, 2.75) is 71.2 Å². The molecule has 2 rings (SSSR count). The quantitative estimate of drug-likeness (QED) is 0.443. The number of hydrogen-bond donors (Lipinski definition) is 3. The highest BCUT2D eigenvalue weighted by Crippen LogP contribution is 2.37. The number of nitrogens with zero attached hydrogens (tertiary/aromatic N) is 1. The number of ether oxygens (including phenoxy) is 1. The maximum Gasteiger partial charge on any atom is 0.305 e. The highest BCUT2D eigenvalue weighted by Gasteiger charge is 2.23. The van der Waals surface area contributed by atoms with E-state index in [1.54, 1.807) is 25.3 Å². The molecule has 0 bridgehead atoms. The Morgan fingerprint density at radius 1 is 1.09 bits per heavy atom. The third kappa shape index (κ3) is 7.19. The summed E-state index contributed by atoms with van der Waals surface area (Å²) in [5, 5.41) is 29.1. The lowest BCUT2D eigenvalue weighted by atomic mass is 9.87. The maximum absolute atomic E-state index is 13.7. The summed E-state index contributed by atoms with van der Waals surface area (Å²) in [7, 11) is 1.61. The molecule has 0 spiro atoms. The molecule has 0 fully saturated rings. The summed E-state index contributed by atoms with van der Waals surface area (Å²) in [6, 6.07) is 6.23. The Hall–Kier alpha value is -2.61. The molecule has 6 nitrogen and oxygen atoms in total. The van der Waals surface area contributed by atoms with Crippen LogP contribution in [0, 0.1) is 5.82 Å². The van der Waals surface area contributed by atoms with Gasteiger partial charge in [0.05, 0.1) is 30.9 Å². The van der Waals surface area contributed by atoms with Crippen LogP contribution in [0.25, 0.3) is 17.2 Å². The van der Waals surface area contributed by atoms with E-state index in [9.17, 15) is 19.4 Å². The second kappa shape index (κ2) is 12.0. The van der Waals surface area contributed by atoms with Crippen LogP contribution in [0.3, 0.4) is 0 Å². The first-order valence-corrected chi connectivity index (χ1v) is 11.1. The molecule has 3 N–H and O–H groups in total. The van der Waals surface area contributed by atoms with Gasteiger partial charge in [0.25, 0.3) is 0 Å². The molecule has 1 aromatic carbocycles. The van der Waals surface area contributed by atoms with Crippen molar-refractivity contribution in [3.8, 4) is 11.1 Å². The lowest BCUT2D eigenvalue weighted by molar-refractivity contribution is -0.139. The Bertz CT molecular complexity index is 970. The summed E-state index contributed by atoms with van der Waals surface area (Å²) in [5.41, 5.74) is 5.05. The molecule has 0 aliphatic rings. The minimum Gasteiger partial charge on any atom is -0.481 e. The molecule has 180 valence electrons. The number of carboxylic acids is 1. The summed E-state index contributed by atoms with van der Waals surface area (Å²) in [6.07, 6.45) is 0.541. The highest BCUT2D eigenvalue weighted by molar-refractivity contribution is 5.80. The van der Waals surface area contributed by atoms with E-state index in [-0.39, 0.29) is 24.1 Å². The van der Waals surface area contributed by atoms with Crippen molar-refractivity contribution < 1.29 is 29.2 Å². The number of halogens is 1. The van der Waals surface area contributed by atoms with Crippen LogP contribution in [0.15, 0.2) is 30.3 Å². The van der Waals surface area contributed by atoms with Crippen LogP contribution in [0.4, 0.5) is 4.39 Å². The van der Waals surface area contributed by atoms with E-state index in [4.69, 9.17) is 14.8 Å². The first-order valence-electron chi connectivity index (χ1n) is 11.1. The highest BCUT2D eigenvalue weighted by atomic mass is 19.1. The molecule has 2 aromatic rings. The van der Waals surface area contributed by atoms with Gasteiger partial charge in [-0.05, 0) is 35.1 Å². The molecule has 1 aromatic heterocycles. The summed E-state index contributed by atoms with van der Waals surface area (Å²) < 4.78 is 19.2. The van der Waals surface area contributed by atoms with Crippen molar-refractivity contribution in [1.82, 2.24) is 4.98 Å². The number of aliphatic carboxylic acids is 1. The first-order chi connectivity index (χ1) is 15.5. The third-order valence-corrected chi connectivity index (χ3v) is 5.32. The number of carboxylic acid groups (broad SMARTS) is 1. The Morgan fingerprint density at radius 2 is 1.70 bits per heavy atom. The second-order valence-electron chi connectivity index (χ2n) is 8.81. The van der Waals surface area contributed by atoms with Crippen LogP contribution in [-0.2, 0) is 16.1 Å². The van der Waals surface area contributed by atoms with E-state index in [0.717, 1.165) is 33.6 Å². The van der Waals surface area contributed by atoms with Crippen molar-refractivity contribution in [3.63, 3.8) is 0 Å². The Kier molecular flexibility index (Phi) is 9.70. The molecule has 0 saturated heterocycles. The molecule has 0 radical (unpaired) electrons. The van der Waals surface area contributed by atoms with Crippen molar-refractivity contribution >= 4 is 12.0 Å². The molecule has 2 unspecified atom stereocenters. The number of rotatable bonds is 11. The van der Waals surface area contributed by atoms with E-state index in [2.05, 4.69) is 13.8 Å². The average molecular weight is 460 g/mol. The summed E-state index contributed by atoms with van der Waals surface area (Å²) in [5.74, 6) is -1.28. The normalized spacial score (nSPS) is 13.8. The fourth-order valence-corrected chi connectivity index (χ4v) is 3.85. The van der Waals surface area contributed by atoms with Gasteiger partial charge in [0.15, 0.2) is 0 Å². The summed E-state index contributed by atoms with van der Waals surface area (Å²) >= 11 is 0. The lowest BCUT2D eigenvalue weighted by Gasteiger charge is -2.23. The zero-order valence-corrected chi connectivity index (χ0v) is 19.9. The Labute approximate surface area is 194 Å². The van der Waals surface area contributed by atoms with Gasteiger partial charge in [0.1, 0.15) is 5.82 Å². The van der Waals surface area contributed by atoms with E-state index in [0.29, 0.717) is 6.61 Å². The van der Waals surface area contributed by atoms with E-state index in [1.807, 2.05) is 13.8 Å². The zero-order chi connectivity index (χ0) is 24.7. The SMILES string of the molecule is COCc1c(C(C)C)nc(C(C)C)c(C=CC(O)CC(O)CC(=O)O)c1-c1ccc(F)cc1. The van der Waals surface area contributed by atoms with E-state index < -0.39 is 24.6 Å². The second-order valence-corrected chi connectivity index (χ2v) is 8.81. The molecule has 0 aliphatic carbocycles. The molecule has 0 aliphatic heterocycles. The number of aromatic nitrogens is 1. The number of pyridine rings is 1. The van der Waals surface area contributed by atoms with Crippen LogP contribution in [-0.4, -0.2) is 45.6 Å². The van der Waals surface area contributed by atoms with E-state index >= 15 is 0 Å². The van der Waals surface area contributed by atoms with Gasteiger partial charge in [-0.1, -0.05) is 52.0 Å². The number of benzene rings is 1. The molecular weight excluding hydrogens is 425 g/mol. The van der Waals surface area contributed by atoms with Gasteiger partial charge in [-0.3, -0.25) is 9.78 Å². The van der Waals surface area contributed by atoms with Crippen LogP contribution in [0.5, 0.6) is 0 Å². The smallest absolute Gasteiger partial charge is 0.305 e. The minimum atomic E-state index is -1.16. The van der Waals surface area contributed by atoms with Crippen LogP contribution in [0.2, 0.25) is 0 Å². The number of methoxy groups -OCH3 is 1. The van der Waals surface area contributed by atoms with Gasteiger partial charge in [-0.2, -0.15) is 0 Å². The van der Waals surface area contributed by atoms with Crippen LogP contribution in [0.1, 0.15) is 74.9 Å².